The van der Waals surface area contributed by atoms with E-state index in [4.69, 9.17) is 5.26 Å². The fourth-order valence-corrected chi connectivity index (χ4v) is 2.30. The highest BCUT2D eigenvalue weighted by atomic mass is 19.4. The molecule has 0 atom stereocenters. The van der Waals surface area contributed by atoms with Crippen molar-refractivity contribution in [2.45, 2.75) is 45.2 Å². The van der Waals surface area contributed by atoms with Crippen LogP contribution < -0.4 is 0 Å². The zero-order valence-electron chi connectivity index (χ0n) is 9.10. The number of Topliss-reactive ketones (excluding diaryl/α,β-unsaturated/α-hetero) is 1. The molecule has 5 heteroatoms. The third-order valence-corrected chi connectivity index (χ3v) is 3.23. The fourth-order valence-electron chi connectivity index (χ4n) is 2.30. The van der Waals surface area contributed by atoms with E-state index in [0.29, 0.717) is 0 Å². The summed E-state index contributed by atoms with van der Waals surface area (Å²) in [5.41, 5.74) is -0.854. The molecular formula is C11H14F3NO. The maximum Gasteiger partial charge on any atom is 0.391 e. The van der Waals surface area contributed by atoms with Gasteiger partial charge >= 0.3 is 6.18 Å². The maximum atomic E-state index is 12.4. The molecule has 0 aliphatic heterocycles. The van der Waals surface area contributed by atoms with Gasteiger partial charge in [0.1, 0.15) is 5.78 Å². The van der Waals surface area contributed by atoms with Crippen molar-refractivity contribution in [3.05, 3.63) is 0 Å². The molecule has 1 fully saturated rings. The van der Waals surface area contributed by atoms with Crippen LogP contribution in [0.3, 0.4) is 0 Å². The number of nitriles is 1. The van der Waals surface area contributed by atoms with Crippen LogP contribution in [-0.2, 0) is 4.79 Å². The smallest absolute Gasteiger partial charge is 0.300 e. The molecule has 0 amide bonds. The zero-order chi connectivity index (χ0) is 12.4. The van der Waals surface area contributed by atoms with Gasteiger partial charge in [0.25, 0.3) is 0 Å². The molecule has 2 nitrogen and oxygen atoms in total. The van der Waals surface area contributed by atoms with Gasteiger partial charge in [-0.05, 0) is 32.6 Å². The summed E-state index contributed by atoms with van der Waals surface area (Å²) in [5.74, 6) is -1.44. The van der Waals surface area contributed by atoms with Gasteiger partial charge in [-0.25, -0.2) is 0 Å². The van der Waals surface area contributed by atoms with E-state index < -0.39 is 17.5 Å². The molecule has 1 saturated carbocycles. The molecule has 0 unspecified atom stereocenters. The van der Waals surface area contributed by atoms with E-state index in [9.17, 15) is 18.0 Å². The quantitative estimate of drug-likeness (QED) is 0.734. The molecule has 0 bridgehead atoms. The summed E-state index contributed by atoms with van der Waals surface area (Å²) in [6.45, 7) is 1.37. The van der Waals surface area contributed by atoms with Crippen LogP contribution in [-0.4, -0.2) is 12.0 Å². The first-order chi connectivity index (χ1) is 7.29. The fraction of sp³-hybridized carbons (Fsp3) is 0.818. The van der Waals surface area contributed by atoms with E-state index in [2.05, 4.69) is 0 Å². The Labute approximate surface area is 92.4 Å². The number of ketones is 1. The van der Waals surface area contributed by atoms with Gasteiger partial charge in [-0.1, -0.05) is 0 Å². The van der Waals surface area contributed by atoms with Gasteiger partial charge in [-0.15, -0.1) is 0 Å². The van der Waals surface area contributed by atoms with Crippen LogP contribution in [0.1, 0.15) is 39.0 Å². The van der Waals surface area contributed by atoms with Crippen molar-refractivity contribution in [3.63, 3.8) is 0 Å². The summed E-state index contributed by atoms with van der Waals surface area (Å²) >= 11 is 0. The molecule has 0 aromatic rings. The lowest BCUT2D eigenvalue weighted by Gasteiger charge is -2.35. The second kappa shape index (κ2) is 4.44. The van der Waals surface area contributed by atoms with Gasteiger partial charge in [-0.3, -0.25) is 4.79 Å². The molecule has 0 N–H and O–H groups in total. The number of rotatable bonds is 2. The number of nitrogens with zero attached hydrogens (tertiary/aromatic N) is 1. The van der Waals surface area contributed by atoms with E-state index >= 15 is 0 Å². The second-order valence-electron chi connectivity index (χ2n) is 4.59. The lowest BCUT2D eigenvalue weighted by Crippen LogP contribution is -2.34. The summed E-state index contributed by atoms with van der Waals surface area (Å²) < 4.78 is 37.2. The van der Waals surface area contributed by atoms with E-state index in [-0.39, 0.29) is 37.9 Å². The third-order valence-electron chi connectivity index (χ3n) is 3.23. The maximum absolute atomic E-state index is 12.4. The first kappa shape index (κ1) is 13.0. The molecule has 1 aliphatic rings. The van der Waals surface area contributed by atoms with Crippen molar-refractivity contribution in [3.8, 4) is 6.07 Å². The molecule has 0 radical (unpaired) electrons. The lowest BCUT2D eigenvalue weighted by molar-refractivity contribution is -0.185. The van der Waals surface area contributed by atoms with Crippen molar-refractivity contribution in [2.24, 2.45) is 11.3 Å². The van der Waals surface area contributed by atoms with Crippen LogP contribution >= 0.6 is 0 Å². The Morgan fingerprint density at radius 1 is 1.44 bits per heavy atom. The summed E-state index contributed by atoms with van der Waals surface area (Å²) in [6, 6.07) is 2.03. The molecule has 90 valence electrons. The highest BCUT2D eigenvalue weighted by Crippen LogP contribution is 2.46. The van der Waals surface area contributed by atoms with E-state index in [0.717, 1.165) is 0 Å². The summed E-state index contributed by atoms with van der Waals surface area (Å²) in [4.78, 5) is 11.0. The first-order valence-corrected chi connectivity index (χ1v) is 5.26. The van der Waals surface area contributed by atoms with Gasteiger partial charge in [0.15, 0.2) is 0 Å². The highest BCUT2D eigenvalue weighted by molar-refractivity contribution is 5.76. The Morgan fingerprint density at radius 3 is 2.25 bits per heavy atom. The van der Waals surface area contributed by atoms with Gasteiger partial charge in [0.05, 0.1) is 17.4 Å². The Kier molecular flexibility index (Phi) is 3.61. The highest BCUT2D eigenvalue weighted by Gasteiger charge is 2.46. The predicted octanol–water partition coefficient (Wildman–Crippen LogP) is 3.23. The van der Waals surface area contributed by atoms with Gasteiger partial charge in [0, 0.05) is 6.42 Å². The van der Waals surface area contributed by atoms with Crippen LogP contribution in [0.2, 0.25) is 0 Å². The topological polar surface area (TPSA) is 40.9 Å². The van der Waals surface area contributed by atoms with Crippen molar-refractivity contribution < 1.29 is 18.0 Å². The van der Waals surface area contributed by atoms with Crippen LogP contribution in [0.25, 0.3) is 0 Å². The summed E-state index contributed by atoms with van der Waals surface area (Å²) in [7, 11) is 0. The SMILES string of the molecule is CC(=O)CC1(C#N)CCC(C(F)(F)F)CC1. The molecular weight excluding hydrogens is 219 g/mol. The average Bonchev–Trinajstić information content (AvgIpc) is 2.16. The molecule has 0 spiro atoms. The van der Waals surface area contributed by atoms with Crippen molar-refractivity contribution in [2.75, 3.05) is 0 Å². The number of halogens is 3. The minimum absolute atomic E-state index is 0.0374. The molecule has 0 saturated heterocycles. The van der Waals surface area contributed by atoms with E-state index in [1.807, 2.05) is 6.07 Å². The van der Waals surface area contributed by atoms with Gasteiger partial charge in [-0.2, -0.15) is 18.4 Å². The average molecular weight is 233 g/mol. The largest absolute Gasteiger partial charge is 0.391 e. The normalized spacial score (nSPS) is 30.8. The van der Waals surface area contributed by atoms with Gasteiger partial charge in [0.2, 0.25) is 0 Å². The van der Waals surface area contributed by atoms with Crippen LogP contribution in [0.15, 0.2) is 0 Å². The van der Waals surface area contributed by atoms with Crippen LogP contribution in [0, 0.1) is 22.7 Å². The van der Waals surface area contributed by atoms with Crippen molar-refractivity contribution in [1.82, 2.24) is 0 Å². The van der Waals surface area contributed by atoms with Crippen LogP contribution in [0.5, 0.6) is 0 Å². The molecule has 0 aromatic heterocycles. The third kappa shape index (κ3) is 2.97. The minimum Gasteiger partial charge on any atom is -0.300 e. The number of hydrogen-bond donors (Lipinski definition) is 0. The lowest BCUT2D eigenvalue weighted by atomic mass is 9.69. The monoisotopic (exact) mass is 233 g/mol. The Morgan fingerprint density at radius 2 is 1.94 bits per heavy atom. The Hall–Kier alpha value is -1.05. The molecule has 16 heavy (non-hydrogen) atoms. The second-order valence-corrected chi connectivity index (χ2v) is 4.59. The molecule has 0 heterocycles. The van der Waals surface area contributed by atoms with Gasteiger partial charge < -0.3 is 0 Å². The summed E-state index contributed by atoms with van der Waals surface area (Å²) in [5, 5.41) is 9.00. The number of hydrogen-bond acceptors (Lipinski definition) is 2. The van der Waals surface area contributed by atoms with Crippen LogP contribution in [0.4, 0.5) is 13.2 Å². The number of carbonyl (C=O) groups is 1. The standard InChI is InChI=1S/C11H14F3NO/c1-8(16)6-10(7-15)4-2-9(3-5-10)11(12,13)14/h9H,2-6H2,1H3. The summed E-state index contributed by atoms with van der Waals surface area (Å²) in [6.07, 6.45) is -3.82. The molecule has 0 aromatic carbocycles. The molecule has 1 aliphatic carbocycles. The van der Waals surface area contributed by atoms with Crippen molar-refractivity contribution in [1.29, 1.82) is 5.26 Å². The minimum atomic E-state index is -4.17. The van der Waals surface area contributed by atoms with E-state index in [1.165, 1.54) is 6.92 Å². The Bertz CT molecular complexity index is 308. The number of carbonyl (C=O) groups excluding carboxylic acids is 1. The Balaban J connectivity index is 2.65. The predicted molar refractivity (Wildman–Crippen MR) is 51.4 cm³/mol. The number of alkyl halides is 3. The molecule has 1 rings (SSSR count). The first-order valence-electron chi connectivity index (χ1n) is 5.26. The van der Waals surface area contributed by atoms with Crippen molar-refractivity contribution >= 4 is 5.78 Å². The van der Waals surface area contributed by atoms with E-state index in [1.54, 1.807) is 0 Å². The zero-order valence-corrected chi connectivity index (χ0v) is 9.10.